The van der Waals surface area contributed by atoms with Crippen molar-refractivity contribution in [3.05, 3.63) is 30.6 Å². The largest absolute Gasteiger partial charge is 0.326 e. The molecule has 1 aromatic carbocycles. The van der Waals surface area contributed by atoms with Crippen LogP contribution >= 0.6 is 11.8 Å². The molecule has 0 radical (unpaired) electrons. The van der Waals surface area contributed by atoms with Gasteiger partial charge >= 0.3 is 0 Å². The fourth-order valence-electron chi connectivity index (χ4n) is 1.64. The Morgan fingerprint density at radius 1 is 1.35 bits per heavy atom. The maximum atomic E-state index is 11.6. The van der Waals surface area contributed by atoms with Gasteiger partial charge in [0.15, 0.2) is 5.16 Å². The standard InChI is InChI=1S/C14H18N4OS/c1-3-4-5-13(19)16-11-6-8-12(9-7-11)20-14-17-15-10-18(14)2/h6-10H,3-5H2,1-2H3,(H,16,19). The lowest BCUT2D eigenvalue weighted by molar-refractivity contribution is -0.116. The topological polar surface area (TPSA) is 59.8 Å². The number of amides is 1. The van der Waals surface area contributed by atoms with E-state index in [9.17, 15) is 4.79 Å². The van der Waals surface area contributed by atoms with Crippen molar-refractivity contribution >= 4 is 23.4 Å². The second-order valence-electron chi connectivity index (χ2n) is 4.50. The van der Waals surface area contributed by atoms with Gasteiger partial charge in [-0.1, -0.05) is 13.3 Å². The Labute approximate surface area is 122 Å². The van der Waals surface area contributed by atoms with Crippen molar-refractivity contribution in [2.45, 2.75) is 36.2 Å². The summed E-state index contributed by atoms with van der Waals surface area (Å²) in [6.07, 6.45) is 4.20. The molecule has 1 amide bonds. The van der Waals surface area contributed by atoms with Crippen molar-refractivity contribution in [2.75, 3.05) is 5.32 Å². The number of rotatable bonds is 6. The van der Waals surface area contributed by atoms with Crippen LogP contribution in [0.25, 0.3) is 0 Å². The minimum Gasteiger partial charge on any atom is -0.326 e. The van der Waals surface area contributed by atoms with E-state index >= 15 is 0 Å². The Hall–Kier alpha value is -1.82. The van der Waals surface area contributed by atoms with E-state index in [2.05, 4.69) is 22.4 Å². The lowest BCUT2D eigenvalue weighted by Gasteiger charge is -2.06. The van der Waals surface area contributed by atoms with Crippen LogP contribution < -0.4 is 5.32 Å². The summed E-state index contributed by atoms with van der Waals surface area (Å²) in [5.41, 5.74) is 0.827. The van der Waals surface area contributed by atoms with Crippen LogP contribution in [0, 0.1) is 0 Å². The lowest BCUT2D eigenvalue weighted by Crippen LogP contribution is -2.10. The normalized spacial score (nSPS) is 10.5. The molecule has 2 aromatic rings. The molecule has 0 aliphatic rings. The number of benzene rings is 1. The fraction of sp³-hybridized carbons (Fsp3) is 0.357. The van der Waals surface area contributed by atoms with E-state index in [1.165, 1.54) is 11.8 Å². The van der Waals surface area contributed by atoms with Crippen molar-refractivity contribution in [1.29, 1.82) is 0 Å². The van der Waals surface area contributed by atoms with Crippen LogP contribution in [0.3, 0.4) is 0 Å². The van der Waals surface area contributed by atoms with Gasteiger partial charge in [0.25, 0.3) is 0 Å². The van der Waals surface area contributed by atoms with Gasteiger partial charge in [0, 0.05) is 24.1 Å². The van der Waals surface area contributed by atoms with Gasteiger partial charge in [0.2, 0.25) is 5.91 Å². The van der Waals surface area contributed by atoms with E-state index in [4.69, 9.17) is 0 Å². The van der Waals surface area contributed by atoms with Gasteiger partial charge in [-0.3, -0.25) is 4.79 Å². The zero-order valence-corrected chi connectivity index (χ0v) is 12.5. The number of hydrogen-bond acceptors (Lipinski definition) is 4. The summed E-state index contributed by atoms with van der Waals surface area (Å²) in [6.45, 7) is 2.08. The number of unbranched alkanes of at least 4 members (excludes halogenated alkanes) is 1. The number of aromatic nitrogens is 3. The zero-order chi connectivity index (χ0) is 14.4. The second kappa shape index (κ2) is 7.09. The first-order valence-electron chi connectivity index (χ1n) is 6.61. The van der Waals surface area contributed by atoms with Gasteiger partial charge in [0.05, 0.1) is 0 Å². The molecule has 106 valence electrons. The monoisotopic (exact) mass is 290 g/mol. The summed E-state index contributed by atoms with van der Waals surface area (Å²) >= 11 is 1.54. The molecule has 1 aromatic heterocycles. The summed E-state index contributed by atoms with van der Waals surface area (Å²) < 4.78 is 1.87. The number of anilines is 1. The molecular weight excluding hydrogens is 272 g/mol. The molecule has 0 fully saturated rings. The number of carbonyl (C=O) groups is 1. The number of carbonyl (C=O) groups excluding carboxylic acids is 1. The highest BCUT2D eigenvalue weighted by Crippen LogP contribution is 2.26. The minimum absolute atomic E-state index is 0.0700. The minimum atomic E-state index is 0.0700. The first-order chi connectivity index (χ1) is 9.69. The van der Waals surface area contributed by atoms with Crippen molar-refractivity contribution < 1.29 is 4.79 Å². The highest BCUT2D eigenvalue weighted by atomic mass is 32.2. The summed E-state index contributed by atoms with van der Waals surface area (Å²) in [4.78, 5) is 12.7. The second-order valence-corrected chi connectivity index (χ2v) is 5.54. The summed E-state index contributed by atoms with van der Waals surface area (Å²) in [6, 6.07) is 7.74. The third-order valence-corrected chi connectivity index (χ3v) is 3.83. The van der Waals surface area contributed by atoms with E-state index in [1.807, 2.05) is 35.9 Å². The van der Waals surface area contributed by atoms with Crippen LogP contribution in [0.4, 0.5) is 5.69 Å². The molecule has 0 aliphatic carbocycles. The molecule has 5 nitrogen and oxygen atoms in total. The van der Waals surface area contributed by atoms with Gasteiger partial charge in [0.1, 0.15) is 6.33 Å². The van der Waals surface area contributed by atoms with Crippen LogP contribution in [0.15, 0.2) is 40.6 Å². The molecule has 1 heterocycles. The van der Waals surface area contributed by atoms with E-state index in [0.29, 0.717) is 6.42 Å². The highest BCUT2D eigenvalue weighted by Gasteiger charge is 2.05. The maximum absolute atomic E-state index is 11.6. The average Bonchev–Trinajstić information content (AvgIpc) is 2.84. The molecule has 1 N–H and O–H groups in total. The van der Waals surface area contributed by atoms with Crippen LogP contribution in [0.1, 0.15) is 26.2 Å². The molecule has 0 atom stereocenters. The quantitative estimate of drug-likeness (QED) is 0.888. The molecule has 0 aliphatic heterocycles. The van der Waals surface area contributed by atoms with Gasteiger partial charge in [-0.25, -0.2) is 0 Å². The Morgan fingerprint density at radius 2 is 2.10 bits per heavy atom. The summed E-state index contributed by atoms with van der Waals surface area (Å²) in [5.74, 6) is 0.0700. The fourth-order valence-corrected chi connectivity index (χ4v) is 2.40. The first-order valence-corrected chi connectivity index (χ1v) is 7.42. The molecule has 0 saturated carbocycles. The number of aryl methyl sites for hydroxylation is 1. The molecule has 0 bridgehead atoms. The number of nitrogens with one attached hydrogen (secondary N) is 1. The average molecular weight is 290 g/mol. The van der Waals surface area contributed by atoms with Gasteiger partial charge in [-0.05, 0) is 42.4 Å². The summed E-state index contributed by atoms with van der Waals surface area (Å²) in [5, 5.41) is 11.6. The maximum Gasteiger partial charge on any atom is 0.224 e. The smallest absolute Gasteiger partial charge is 0.224 e. The Morgan fingerprint density at radius 3 is 2.70 bits per heavy atom. The van der Waals surface area contributed by atoms with E-state index in [0.717, 1.165) is 28.6 Å². The predicted octanol–water partition coefficient (Wildman–Crippen LogP) is 3.10. The van der Waals surface area contributed by atoms with Gasteiger partial charge < -0.3 is 9.88 Å². The van der Waals surface area contributed by atoms with Crippen molar-refractivity contribution in [3.8, 4) is 0 Å². The third kappa shape index (κ3) is 4.09. The predicted molar refractivity (Wildman–Crippen MR) is 79.7 cm³/mol. The lowest BCUT2D eigenvalue weighted by atomic mass is 10.2. The molecule has 6 heteroatoms. The Balaban J connectivity index is 1.93. The van der Waals surface area contributed by atoms with E-state index in [1.54, 1.807) is 6.33 Å². The van der Waals surface area contributed by atoms with Crippen LogP contribution in [0.5, 0.6) is 0 Å². The zero-order valence-electron chi connectivity index (χ0n) is 11.7. The molecule has 0 unspecified atom stereocenters. The molecular formula is C14H18N4OS. The van der Waals surface area contributed by atoms with Crippen LogP contribution in [0.2, 0.25) is 0 Å². The van der Waals surface area contributed by atoms with Gasteiger partial charge in [-0.2, -0.15) is 0 Å². The van der Waals surface area contributed by atoms with Crippen LogP contribution in [-0.4, -0.2) is 20.7 Å². The van der Waals surface area contributed by atoms with Crippen molar-refractivity contribution in [1.82, 2.24) is 14.8 Å². The number of nitrogens with zero attached hydrogens (tertiary/aromatic N) is 3. The highest BCUT2D eigenvalue weighted by molar-refractivity contribution is 7.99. The van der Waals surface area contributed by atoms with E-state index in [-0.39, 0.29) is 5.91 Å². The number of hydrogen-bond donors (Lipinski definition) is 1. The molecule has 0 spiro atoms. The van der Waals surface area contributed by atoms with Crippen molar-refractivity contribution in [3.63, 3.8) is 0 Å². The van der Waals surface area contributed by atoms with Crippen LogP contribution in [-0.2, 0) is 11.8 Å². The Bertz CT molecular complexity index is 565. The molecule has 0 saturated heterocycles. The summed E-state index contributed by atoms with van der Waals surface area (Å²) in [7, 11) is 1.91. The van der Waals surface area contributed by atoms with E-state index < -0.39 is 0 Å². The van der Waals surface area contributed by atoms with Gasteiger partial charge in [-0.15, -0.1) is 10.2 Å². The molecule has 2 rings (SSSR count). The third-order valence-electron chi connectivity index (χ3n) is 2.77. The van der Waals surface area contributed by atoms with Crippen molar-refractivity contribution in [2.24, 2.45) is 7.05 Å². The SMILES string of the molecule is CCCCC(=O)Nc1ccc(Sc2nncn2C)cc1. The first kappa shape index (κ1) is 14.6. The molecule has 20 heavy (non-hydrogen) atoms. The Kier molecular flexibility index (Phi) is 5.17.